The van der Waals surface area contributed by atoms with Crippen molar-refractivity contribution in [3.8, 4) is 5.75 Å². The van der Waals surface area contributed by atoms with Gasteiger partial charge >= 0.3 is 5.97 Å². The number of ether oxygens (including phenoxy) is 2. The highest BCUT2D eigenvalue weighted by Gasteiger charge is 2.19. The molecule has 0 aromatic heterocycles. The topological polar surface area (TPSA) is 64.6 Å². The first-order chi connectivity index (χ1) is 11.8. The Hall–Kier alpha value is -2.31. The molecule has 0 aliphatic carbocycles. The normalized spacial score (nSPS) is 11.5. The van der Waals surface area contributed by atoms with Gasteiger partial charge < -0.3 is 14.8 Å². The number of halogens is 3. The summed E-state index contributed by atoms with van der Waals surface area (Å²) >= 11 is 11.8. The molecule has 8 heteroatoms. The number of hydrogen-bond donors (Lipinski definition) is 1. The number of carbonyl (C=O) groups is 2. The van der Waals surface area contributed by atoms with Crippen LogP contribution in [0.4, 0.5) is 10.1 Å². The van der Waals surface area contributed by atoms with Crippen LogP contribution in [0.5, 0.6) is 5.75 Å². The van der Waals surface area contributed by atoms with Gasteiger partial charge in [-0.1, -0.05) is 29.3 Å². The summed E-state index contributed by atoms with van der Waals surface area (Å²) in [6, 6.07) is 9.90. The van der Waals surface area contributed by atoms with E-state index < -0.39 is 30.4 Å². The smallest absolute Gasteiger partial charge is 0.344 e. The summed E-state index contributed by atoms with van der Waals surface area (Å²) in [6.07, 6.45) is -1.08. The SMILES string of the molecule is C[C@H](OC(=O)COc1cccc(F)c1)C(=O)Nc1cc(Cl)ccc1Cl. The second kappa shape index (κ2) is 8.69. The van der Waals surface area contributed by atoms with E-state index in [0.717, 1.165) is 6.07 Å². The van der Waals surface area contributed by atoms with Crippen molar-refractivity contribution in [2.24, 2.45) is 0 Å². The zero-order valence-electron chi connectivity index (χ0n) is 13.1. The molecule has 2 aromatic rings. The van der Waals surface area contributed by atoms with Crippen molar-refractivity contribution in [1.82, 2.24) is 0 Å². The molecule has 1 amide bonds. The zero-order chi connectivity index (χ0) is 18.4. The Morgan fingerprint density at radius 2 is 1.96 bits per heavy atom. The van der Waals surface area contributed by atoms with Crippen molar-refractivity contribution >= 4 is 40.8 Å². The van der Waals surface area contributed by atoms with Crippen molar-refractivity contribution in [2.75, 3.05) is 11.9 Å². The van der Waals surface area contributed by atoms with Crippen LogP contribution in [-0.4, -0.2) is 24.6 Å². The third kappa shape index (κ3) is 5.92. The van der Waals surface area contributed by atoms with Crippen molar-refractivity contribution < 1.29 is 23.5 Å². The third-order valence-corrected chi connectivity index (χ3v) is 3.58. The number of anilines is 1. The monoisotopic (exact) mass is 385 g/mol. The zero-order valence-corrected chi connectivity index (χ0v) is 14.6. The van der Waals surface area contributed by atoms with Crippen LogP contribution in [0, 0.1) is 5.82 Å². The van der Waals surface area contributed by atoms with E-state index in [4.69, 9.17) is 32.7 Å². The fourth-order valence-corrected chi connectivity index (χ4v) is 2.15. The van der Waals surface area contributed by atoms with E-state index in [-0.39, 0.29) is 5.75 Å². The molecule has 0 aliphatic heterocycles. The van der Waals surface area contributed by atoms with E-state index in [0.29, 0.717) is 15.7 Å². The summed E-state index contributed by atoms with van der Waals surface area (Å²) in [7, 11) is 0. The summed E-state index contributed by atoms with van der Waals surface area (Å²) in [6.45, 7) is 0.937. The Balaban J connectivity index is 1.85. The first-order valence-electron chi connectivity index (χ1n) is 7.19. The number of carbonyl (C=O) groups excluding carboxylic acids is 2. The quantitative estimate of drug-likeness (QED) is 0.760. The molecular formula is C17H14Cl2FNO4. The van der Waals surface area contributed by atoms with Gasteiger partial charge in [0.1, 0.15) is 11.6 Å². The molecule has 132 valence electrons. The van der Waals surface area contributed by atoms with Gasteiger partial charge in [-0.2, -0.15) is 0 Å². The molecule has 0 spiro atoms. The Labute approximate surface area is 153 Å². The average Bonchev–Trinajstić information content (AvgIpc) is 2.56. The Morgan fingerprint density at radius 1 is 1.20 bits per heavy atom. The molecule has 0 heterocycles. The Bertz CT molecular complexity index is 785. The summed E-state index contributed by atoms with van der Waals surface area (Å²) in [5.41, 5.74) is 0.304. The van der Waals surface area contributed by atoms with Crippen molar-refractivity contribution in [3.05, 3.63) is 58.3 Å². The summed E-state index contributed by atoms with van der Waals surface area (Å²) in [5.74, 6) is -1.66. The maximum Gasteiger partial charge on any atom is 0.344 e. The minimum Gasteiger partial charge on any atom is -0.482 e. The third-order valence-electron chi connectivity index (χ3n) is 3.02. The van der Waals surface area contributed by atoms with Crippen molar-refractivity contribution in [3.63, 3.8) is 0 Å². The van der Waals surface area contributed by atoms with E-state index in [1.165, 1.54) is 37.3 Å². The van der Waals surface area contributed by atoms with Crippen LogP contribution in [0.3, 0.4) is 0 Å². The van der Waals surface area contributed by atoms with Gasteiger partial charge in [-0.05, 0) is 37.3 Å². The fraction of sp³-hybridized carbons (Fsp3) is 0.176. The van der Waals surface area contributed by atoms with Crippen LogP contribution >= 0.6 is 23.2 Å². The molecular weight excluding hydrogens is 372 g/mol. The number of amides is 1. The molecule has 0 radical (unpaired) electrons. The molecule has 2 aromatic carbocycles. The average molecular weight is 386 g/mol. The van der Waals surface area contributed by atoms with Crippen LogP contribution in [-0.2, 0) is 14.3 Å². The highest BCUT2D eigenvalue weighted by Crippen LogP contribution is 2.25. The summed E-state index contributed by atoms with van der Waals surface area (Å²) in [4.78, 5) is 23.8. The molecule has 0 fully saturated rings. The minimum atomic E-state index is -1.08. The molecule has 5 nitrogen and oxygen atoms in total. The van der Waals surface area contributed by atoms with Gasteiger partial charge in [0, 0.05) is 11.1 Å². The van der Waals surface area contributed by atoms with Crippen LogP contribution in [0.15, 0.2) is 42.5 Å². The summed E-state index contributed by atoms with van der Waals surface area (Å²) < 4.78 is 23.1. The Kier molecular flexibility index (Phi) is 6.61. The molecule has 1 N–H and O–H groups in total. The van der Waals surface area contributed by atoms with Crippen LogP contribution in [0.1, 0.15) is 6.92 Å². The Morgan fingerprint density at radius 3 is 2.68 bits per heavy atom. The number of esters is 1. The molecule has 0 unspecified atom stereocenters. The van der Waals surface area contributed by atoms with E-state index >= 15 is 0 Å². The van der Waals surface area contributed by atoms with Gasteiger partial charge in [-0.15, -0.1) is 0 Å². The van der Waals surface area contributed by atoms with Gasteiger partial charge in [-0.25, -0.2) is 9.18 Å². The van der Waals surface area contributed by atoms with Crippen LogP contribution < -0.4 is 10.1 Å². The molecule has 1 atom stereocenters. The van der Waals surface area contributed by atoms with Gasteiger partial charge in [-0.3, -0.25) is 4.79 Å². The number of benzene rings is 2. The van der Waals surface area contributed by atoms with E-state index in [1.54, 1.807) is 6.07 Å². The lowest BCUT2D eigenvalue weighted by Crippen LogP contribution is -2.31. The first-order valence-corrected chi connectivity index (χ1v) is 7.94. The molecule has 2 rings (SSSR count). The summed E-state index contributed by atoms with van der Waals surface area (Å²) in [5, 5.41) is 3.21. The standard InChI is InChI=1S/C17H14Cl2FNO4/c1-10(17(23)21-15-7-11(18)5-6-14(15)19)25-16(22)9-24-13-4-2-3-12(20)8-13/h2-8,10H,9H2,1H3,(H,21,23)/t10-/m0/s1. The predicted octanol–water partition coefficient (Wildman–Crippen LogP) is 4.08. The van der Waals surface area contributed by atoms with Crippen molar-refractivity contribution in [2.45, 2.75) is 13.0 Å². The number of hydrogen-bond acceptors (Lipinski definition) is 4. The molecule has 0 saturated carbocycles. The maximum absolute atomic E-state index is 13.0. The molecule has 0 saturated heterocycles. The minimum absolute atomic E-state index is 0.180. The lowest BCUT2D eigenvalue weighted by Gasteiger charge is -2.14. The van der Waals surface area contributed by atoms with Crippen LogP contribution in [0.25, 0.3) is 0 Å². The van der Waals surface area contributed by atoms with Crippen molar-refractivity contribution in [1.29, 1.82) is 0 Å². The fourth-order valence-electron chi connectivity index (χ4n) is 1.81. The van der Waals surface area contributed by atoms with E-state index in [2.05, 4.69) is 5.32 Å². The number of nitrogens with one attached hydrogen (secondary N) is 1. The van der Waals surface area contributed by atoms with Gasteiger partial charge in [0.2, 0.25) is 0 Å². The van der Waals surface area contributed by atoms with Gasteiger partial charge in [0.05, 0.1) is 10.7 Å². The molecule has 0 aliphatic rings. The number of rotatable bonds is 6. The molecule has 0 bridgehead atoms. The maximum atomic E-state index is 13.0. The van der Waals surface area contributed by atoms with E-state index in [9.17, 15) is 14.0 Å². The lowest BCUT2D eigenvalue weighted by molar-refractivity contribution is -0.155. The molecule has 25 heavy (non-hydrogen) atoms. The second-order valence-electron chi connectivity index (χ2n) is 4.99. The van der Waals surface area contributed by atoms with Crippen LogP contribution in [0.2, 0.25) is 10.0 Å². The highest BCUT2D eigenvalue weighted by atomic mass is 35.5. The van der Waals surface area contributed by atoms with E-state index in [1.807, 2.05) is 0 Å². The predicted molar refractivity (Wildman–Crippen MR) is 92.5 cm³/mol. The second-order valence-corrected chi connectivity index (χ2v) is 5.84. The first kappa shape index (κ1) is 19.0. The highest BCUT2D eigenvalue weighted by molar-refractivity contribution is 6.35. The van der Waals surface area contributed by atoms with Gasteiger partial charge in [0.25, 0.3) is 5.91 Å². The van der Waals surface area contributed by atoms with Gasteiger partial charge in [0.15, 0.2) is 12.7 Å². The lowest BCUT2D eigenvalue weighted by atomic mass is 10.3. The largest absolute Gasteiger partial charge is 0.482 e.